The van der Waals surface area contributed by atoms with Crippen LogP contribution in [0, 0.1) is 13.8 Å². The van der Waals surface area contributed by atoms with Crippen LogP contribution >= 0.6 is 11.6 Å². The summed E-state index contributed by atoms with van der Waals surface area (Å²) in [5.41, 5.74) is 2.69. The molecule has 0 aliphatic heterocycles. The van der Waals surface area contributed by atoms with Crippen LogP contribution in [0.25, 0.3) is 11.6 Å². The maximum Gasteiger partial charge on any atom is 0.264 e. The molecule has 0 fully saturated rings. The fraction of sp³-hybridized carbons (Fsp3) is 0.368. The molecule has 0 unspecified atom stereocenters. The van der Waals surface area contributed by atoms with Crippen LogP contribution in [0.1, 0.15) is 36.6 Å². The van der Waals surface area contributed by atoms with E-state index in [0.29, 0.717) is 46.7 Å². The van der Waals surface area contributed by atoms with Crippen molar-refractivity contribution in [1.29, 1.82) is 0 Å². The Bertz CT molecular complexity index is 1090. The highest BCUT2D eigenvalue weighted by atomic mass is 35.5. The molecule has 0 saturated carbocycles. The average molecular weight is 423 g/mol. The molecule has 0 radical (unpaired) electrons. The molecule has 0 amide bonds. The molecule has 1 aromatic carbocycles. The summed E-state index contributed by atoms with van der Waals surface area (Å²) in [5.74, 6) is 0.847. The Morgan fingerprint density at radius 3 is 2.39 bits per heavy atom. The van der Waals surface area contributed by atoms with Gasteiger partial charge in [-0.1, -0.05) is 30.7 Å². The number of benzene rings is 1. The molecule has 0 saturated heterocycles. The lowest BCUT2D eigenvalue weighted by Crippen LogP contribution is -2.24. The zero-order chi connectivity index (χ0) is 20.5. The van der Waals surface area contributed by atoms with Crippen LogP contribution in [0.3, 0.4) is 0 Å². The maximum absolute atomic E-state index is 13.1. The van der Waals surface area contributed by atoms with Crippen molar-refractivity contribution >= 4 is 21.6 Å². The molecule has 0 aliphatic rings. The molecule has 0 atom stereocenters. The van der Waals surface area contributed by atoms with Gasteiger partial charge in [-0.15, -0.1) is 10.2 Å². The van der Waals surface area contributed by atoms with Gasteiger partial charge < -0.3 is 8.98 Å². The number of aromatic nitrogens is 3. The topological polar surface area (TPSA) is 90.0 Å². The van der Waals surface area contributed by atoms with E-state index in [1.165, 1.54) is 0 Å². The standard InChI is InChI=1S/C19H23ClN4O3S/c1-5-16-22-23-19(27-16)17-12(3)18(13(4)24(17)6-2)28(25,26)21-11-14-7-9-15(20)10-8-14/h7-10,21H,5-6,11H2,1-4H3. The molecule has 0 spiro atoms. The fourth-order valence-corrected chi connectivity index (χ4v) is 4.91. The van der Waals surface area contributed by atoms with Gasteiger partial charge in [0.2, 0.25) is 15.9 Å². The number of nitrogens with one attached hydrogen (secondary N) is 1. The van der Waals surface area contributed by atoms with E-state index >= 15 is 0 Å². The highest BCUT2D eigenvalue weighted by Crippen LogP contribution is 2.33. The van der Waals surface area contributed by atoms with E-state index < -0.39 is 10.0 Å². The van der Waals surface area contributed by atoms with Crippen molar-refractivity contribution in [2.45, 2.75) is 52.1 Å². The minimum Gasteiger partial charge on any atom is -0.419 e. The van der Waals surface area contributed by atoms with E-state index in [9.17, 15) is 8.42 Å². The first-order valence-corrected chi connectivity index (χ1v) is 10.9. The van der Waals surface area contributed by atoms with Gasteiger partial charge in [0.05, 0.1) is 0 Å². The Balaban J connectivity index is 1.99. The minimum atomic E-state index is -3.74. The number of halogens is 1. The lowest BCUT2D eigenvalue weighted by atomic mass is 10.2. The molecule has 3 aromatic rings. The Labute approximate surface area is 169 Å². The minimum absolute atomic E-state index is 0.172. The summed E-state index contributed by atoms with van der Waals surface area (Å²) in [6.07, 6.45) is 0.617. The summed E-state index contributed by atoms with van der Waals surface area (Å²) in [6.45, 7) is 8.18. The van der Waals surface area contributed by atoms with Crippen molar-refractivity contribution in [3.8, 4) is 11.6 Å². The van der Waals surface area contributed by atoms with E-state index in [1.807, 2.05) is 18.4 Å². The smallest absolute Gasteiger partial charge is 0.264 e. The molecule has 0 aliphatic carbocycles. The third-order valence-corrected chi connectivity index (χ3v) is 6.55. The summed E-state index contributed by atoms with van der Waals surface area (Å²) in [7, 11) is -3.74. The Morgan fingerprint density at radius 1 is 1.14 bits per heavy atom. The van der Waals surface area contributed by atoms with Crippen molar-refractivity contribution < 1.29 is 12.8 Å². The third-order valence-electron chi connectivity index (χ3n) is 4.64. The highest BCUT2D eigenvalue weighted by Gasteiger charge is 2.29. The Morgan fingerprint density at radius 2 is 1.82 bits per heavy atom. The zero-order valence-corrected chi connectivity index (χ0v) is 17.9. The van der Waals surface area contributed by atoms with E-state index in [4.69, 9.17) is 16.0 Å². The number of hydrogen-bond donors (Lipinski definition) is 1. The van der Waals surface area contributed by atoms with Crippen LogP contribution in [-0.2, 0) is 29.5 Å². The van der Waals surface area contributed by atoms with Gasteiger partial charge in [-0.25, -0.2) is 13.1 Å². The van der Waals surface area contributed by atoms with Gasteiger partial charge >= 0.3 is 0 Å². The second-order valence-electron chi connectivity index (χ2n) is 6.44. The van der Waals surface area contributed by atoms with Crippen molar-refractivity contribution in [3.63, 3.8) is 0 Å². The number of sulfonamides is 1. The maximum atomic E-state index is 13.1. The lowest BCUT2D eigenvalue weighted by molar-refractivity contribution is 0.507. The molecule has 2 heterocycles. The van der Waals surface area contributed by atoms with Crippen molar-refractivity contribution in [2.24, 2.45) is 0 Å². The molecule has 150 valence electrons. The van der Waals surface area contributed by atoms with Gasteiger partial charge in [0.15, 0.2) is 0 Å². The van der Waals surface area contributed by atoms with Gasteiger partial charge in [0.25, 0.3) is 5.89 Å². The average Bonchev–Trinajstić information content (AvgIpc) is 3.23. The van der Waals surface area contributed by atoms with Crippen LogP contribution in [0.2, 0.25) is 5.02 Å². The third kappa shape index (κ3) is 3.85. The predicted molar refractivity (Wildman–Crippen MR) is 108 cm³/mol. The van der Waals surface area contributed by atoms with Crippen LogP contribution < -0.4 is 4.72 Å². The Kier molecular flexibility index (Phi) is 5.92. The summed E-state index contributed by atoms with van der Waals surface area (Å²) in [5, 5.41) is 8.71. The number of nitrogens with zero attached hydrogens (tertiary/aromatic N) is 3. The molecular weight excluding hydrogens is 400 g/mol. The van der Waals surface area contributed by atoms with Crippen LogP contribution in [-0.4, -0.2) is 23.2 Å². The first kappa shape index (κ1) is 20.6. The lowest BCUT2D eigenvalue weighted by Gasteiger charge is -2.09. The summed E-state index contributed by atoms with van der Waals surface area (Å²) >= 11 is 5.88. The van der Waals surface area contributed by atoms with Crippen molar-refractivity contribution in [3.05, 3.63) is 52.0 Å². The SMILES string of the molecule is CCc1nnc(-c2c(C)c(S(=O)(=O)NCc3ccc(Cl)cc3)c(C)n2CC)o1. The fourth-order valence-electron chi connectivity index (χ4n) is 3.28. The molecule has 9 heteroatoms. The van der Waals surface area contributed by atoms with Crippen LogP contribution in [0.5, 0.6) is 0 Å². The molecule has 7 nitrogen and oxygen atoms in total. The van der Waals surface area contributed by atoms with Gasteiger partial charge in [0.1, 0.15) is 10.6 Å². The first-order valence-electron chi connectivity index (χ1n) is 9.05. The molecule has 1 N–H and O–H groups in total. The largest absolute Gasteiger partial charge is 0.419 e. The number of hydrogen-bond acceptors (Lipinski definition) is 5. The number of aryl methyl sites for hydroxylation is 1. The summed E-state index contributed by atoms with van der Waals surface area (Å²) in [6, 6.07) is 7.04. The predicted octanol–water partition coefficient (Wildman–Crippen LogP) is 3.87. The van der Waals surface area contributed by atoms with Gasteiger partial charge in [0, 0.05) is 35.8 Å². The van der Waals surface area contributed by atoms with E-state index in [0.717, 1.165) is 5.56 Å². The molecular formula is C19H23ClN4O3S. The van der Waals surface area contributed by atoms with E-state index in [-0.39, 0.29) is 11.4 Å². The molecule has 2 aromatic heterocycles. The zero-order valence-electron chi connectivity index (χ0n) is 16.3. The second-order valence-corrected chi connectivity index (χ2v) is 8.58. The van der Waals surface area contributed by atoms with Gasteiger partial charge in [-0.05, 0) is 38.5 Å². The summed E-state index contributed by atoms with van der Waals surface area (Å²) in [4.78, 5) is 0.245. The quantitative estimate of drug-likeness (QED) is 0.624. The molecule has 28 heavy (non-hydrogen) atoms. The van der Waals surface area contributed by atoms with Crippen molar-refractivity contribution in [1.82, 2.24) is 19.5 Å². The molecule has 3 rings (SSSR count). The van der Waals surface area contributed by atoms with Gasteiger partial charge in [-0.2, -0.15) is 0 Å². The highest BCUT2D eigenvalue weighted by molar-refractivity contribution is 7.89. The summed E-state index contributed by atoms with van der Waals surface area (Å²) < 4.78 is 36.4. The van der Waals surface area contributed by atoms with Crippen LogP contribution in [0.4, 0.5) is 0 Å². The molecule has 0 bridgehead atoms. The normalized spacial score (nSPS) is 11.9. The van der Waals surface area contributed by atoms with Crippen LogP contribution in [0.15, 0.2) is 33.6 Å². The van der Waals surface area contributed by atoms with Crippen molar-refractivity contribution in [2.75, 3.05) is 0 Å². The van der Waals surface area contributed by atoms with E-state index in [2.05, 4.69) is 14.9 Å². The monoisotopic (exact) mass is 422 g/mol. The second kappa shape index (κ2) is 8.06. The van der Waals surface area contributed by atoms with Gasteiger partial charge in [-0.3, -0.25) is 0 Å². The Hall–Kier alpha value is -2.16. The number of rotatable bonds is 7. The van der Waals surface area contributed by atoms with E-state index in [1.54, 1.807) is 38.1 Å². The first-order chi connectivity index (χ1) is 13.3.